The first kappa shape index (κ1) is 36.7. The van der Waals surface area contributed by atoms with Crippen molar-refractivity contribution in [3.05, 3.63) is 117 Å². The number of amides is 2. The highest BCUT2D eigenvalue weighted by Crippen LogP contribution is 2.38. The number of ether oxygens (including phenoxy) is 1. The average Bonchev–Trinajstić information content (AvgIpc) is 3.18. The van der Waals surface area contributed by atoms with Crippen molar-refractivity contribution in [2.45, 2.75) is 57.7 Å². The monoisotopic (exact) mass is 762 g/mol. The van der Waals surface area contributed by atoms with Crippen molar-refractivity contribution in [2.24, 2.45) is 13.0 Å². The van der Waals surface area contributed by atoms with Gasteiger partial charge in [-0.25, -0.2) is 4.39 Å². The van der Waals surface area contributed by atoms with Crippen molar-refractivity contribution in [2.75, 3.05) is 37.0 Å². The van der Waals surface area contributed by atoms with Gasteiger partial charge in [-0.3, -0.25) is 29.6 Å². The Morgan fingerprint density at radius 3 is 2.62 bits per heavy atom. The number of rotatable bonds is 9. The smallest absolute Gasteiger partial charge is 0.259 e. The van der Waals surface area contributed by atoms with Gasteiger partial charge in [0.2, 0.25) is 11.8 Å². The standard InChI is InChI=1S/C43H44ClFN6O4/c1-49-24-34(32-10-14-46-22-33(32)43(49)54)29-19-36(44)35(40(20-29)55-2)25-50-15-13-31-27(4-3-5-28(31)23-50)18-26-11-16-51(17-12-26)39-8-6-30(21-37(39)45)47-38-7-9-41(52)48-42(38)53/h3-6,8,10,14,19-22,24,26,38,47H,7,9,11-13,15-18,23,25H2,1-2H3,(H,48,52,53). The van der Waals surface area contributed by atoms with Gasteiger partial charge < -0.3 is 19.5 Å². The van der Waals surface area contributed by atoms with Crippen LogP contribution >= 0.6 is 11.6 Å². The molecule has 55 heavy (non-hydrogen) atoms. The van der Waals surface area contributed by atoms with Crippen molar-refractivity contribution in [1.82, 2.24) is 19.8 Å². The van der Waals surface area contributed by atoms with Gasteiger partial charge in [0.1, 0.15) is 17.6 Å². The minimum atomic E-state index is -0.550. The Balaban J connectivity index is 0.903. The Bertz CT molecular complexity index is 2360. The number of carbonyl (C=O) groups excluding carboxylic acids is 2. The summed E-state index contributed by atoms with van der Waals surface area (Å²) in [6.07, 6.45) is 9.70. The number of aryl methyl sites for hydroxylation is 1. The van der Waals surface area contributed by atoms with E-state index in [1.807, 2.05) is 30.5 Å². The van der Waals surface area contributed by atoms with E-state index in [1.54, 1.807) is 37.2 Å². The van der Waals surface area contributed by atoms with Gasteiger partial charge in [0, 0.05) is 86.6 Å². The largest absolute Gasteiger partial charge is 0.496 e. The zero-order valence-corrected chi connectivity index (χ0v) is 31.8. The second-order valence-corrected chi connectivity index (χ2v) is 15.4. The highest BCUT2D eigenvalue weighted by atomic mass is 35.5. The second-order valence-electron chi connectivity index (χ2n) is 15.0. The molecule has 2 amide bonds. The molecule has 0 bridgehead atoms. The van der Waals surface area contributed by atoms with E-state index in [0.717, 1.165) is 73.9 Å². The number of carbonyl (C=O) groups is 2. The molecule has 5 heterocycles. The number of halogens is 2. The number of anilines is 2. The quantitative estimate of drug-likeness (QED) is 0.161. The van der Waals surface area contributed by atoms with Crippen molar-refractivity contribution in [1.29, 1.82) is 0 Å². The lowest BCUT2D eigenvalue weighted by Crippen LogP contribution is -2.47. The second kappa shape index (κ2) is 15.5. The third-order valence-corrected chi connectivity index (χ3v) is 11.8. The molecule has 8 rings (SSSR count). The molecule has 10 nitrogen and oxygen atoms in total. The minimum absolute atomic E-state index is 0.0978. The number of nitrogens with zero attached hydrogens (tertiary/aromatic N) is 4. The maximum Gasteiger partial charge on any atom is 0.259 e. The van der Waals surface area contributed by atoms with Gasteiger partial charge in [0.15, 0.2) is 0 Å². The molecule has 12 heteroatoms. The van der Waals surface area contributed by atoms with Crippen molar-refractivity contribution < 1.29 is 18.7 Å². The summed E-state index contributed by atoms with van der Waals surface area (Å²) in [6.45, 7) is 3.92. The Morgan fingerprint density at radius 2 is 1.84 bits per heavy atom. The number of methoxy groups -OCH3 is 1. The summed E-state index contributed by atoms with van der Waals surface area (Å²) < 4.78 is 22.8. The van der Waals surface area contributed by atoms with Crippen molar-refractivity contribution >= 4 is 45.6 Å². The van der Waals surface area contributed by atoms with Crippen molar-refractivity contribution in [3.8, 4) is 16.9 Å². The highest BCUT2D eigenvalue weighted by Gasteiger charge is 2.28. The number of benzene rings is 3. The van der Waals surface area contributed by atoms with Gasteiger partial charge in [-0.2, -0.15) is 0 Å². The van der Waals surface area contributed by atoms with E-state index in [2.05, 4.69) is 43.6 Å². The third-order valence-electron chi connectivity index (χ3n) is 11.5. The van der Waals surface area contributed by atoms with Crippen LogP contribution in [-0.4, -0.2) is 59.1 Å². The van der Waals surface area contributed by atoms with Gasteiger partial charge in [-0.15, -0.1) is 0 Å². The van der Waals surface area contributed by atoms with Crippen LogP contribution in [-0.2, 0) is 42.6 Å². The summed E-state index contributed by atoms with van der Waals surface area (Å²) in [5.74, 6) is 0.258. The van der Waals surface area contributed by atoms with E-state index in [1.165, 1.54) is 22.8 Å². The van der Waals surface area contributed by atoms with Crippen LogP contribution in [0.4, 0.5) is 15.8 Å². The number of nitrogens with one attached hydrogen (secondary N) is 2. The lowest BCUT2D eigenvalue weighted by molar-refractivity contribution is -0.133. The Hall–Kier alpha value is -5.26. The first-order chi connectivity index (χ1) is 26.6. The number of pyridine rings is 2. The fourth-order valence-electron chi connectivity index (χ4n) is 8.52. The highest BCUT2D eigenvalue weighted by molar-refractivity contribution is 6.32. The fraction of sp³-hybridized carbons (Fsp3) is 0.349. The molecule has 0 saturated carbocycles. The number of hydrogen-bond acceptors (Lipinski definition) is 8. The van der Waals surface area contributed by atoms with E-state index >= 15 is 4.39 Å². The lowest BCUT2D eigenvalue weighted by atomic mass is 9.85. The Labute approximate surface area is 324 Å². The maximum atomic E-state index is 15.3. The van der Waals surface area contributed by atoms with Crippen LogP contribution in [0.5, 0.6) is 5.75 Å². The molecule has 2 saturated heterocycles. The first-order valence-corrected chi connectivity index (χ1v) is 19.3. The minimum Gasteiger partial charge on any atom is -0.496 e. The summed E-state index contributed by atoms with van der Waals surface area (Å²) in [4.78, 5) is 45.1. The molecular formula is C43H44ClFN6O4. The van der Waals surface area contributed by atoms with E-state index in [-0.39, 0.29) is 29.6 Å². The summed E-state index contributed by atoms with van der Waals surface area (Å²) >= 11 is 7.01. The molecule has 2 fully saturated rings. The molecule has 0 spiro atoms. The molecule has 1 atom stereocenters. The zero-order valence-electron chi connectivity index (χ0n) is 31.0. The first-order valence-electron chi connectivity index (χ1n) is 18.9. The van der Waals surface area contributed by atoms with E-state index < -0.39 is 6.04 Å². The summed E-state index contributed by atoms with van der Waals surface area (Å²) in [7, 11) is 3.41. The molecule has 3 aromatic carbocycles. The van der Waals surface area contributed by atoms with Crippen LogP contribution < -0.4 is 25.8 Å². The van der Waals surface area contributed by atoms with Crippen LogP contribution in [0.3, 0.4) is 0 Å². The van der Waals surface area contributed by atoms with Crippen LogP contribution in [0, 0.1) is 11.7 Å². The van der Waals surface area contributed by atoms with E-state index in [4.69, 9.17) is 16.3 Å². The molecule has 0 aliphatic carbocycles. The summed E-state index contributed by atoms with van der Waals surface area (Å²) in [6, 6.07) is 17.0. The maximum absolute atomic E-state index is 15.3. The van der Waals surface area contributed by atoms with Gasteiger partial charge in [0.05, 0.1) is 18.2 Å². The average molecular weight is 763 g/mol. The molecule has 284 valence electrons. The lowest BCUT2D eigenvalue weighted by Gasteiger charge is -2.35. The fourth-order valence-corrected chi connectivity index (χ4v) is 8.79. The van der Waals surface area contributed by atoms with Gasteiger partial charge >= 0.3 is 0 Å². The molecule has 5 aromatic rings. The van der Waals surface area contributed by atoms with Crippen LogP contribution in [0.25, 0.3) is 21.9 Å². The topological polar surface area (TPSA) is 109 Å². The van der Waals surface area contributed by atoms with Crippen molar-refractivity contribution in [3.63, 3.8) is 0 Å². The molecular weight excluding hydrogens is 719 g/mol. The predicted molar refractivity (Wildman–Crippen MR) is 213 cm³/mol. The zero-order chi connectivity index (χ0) is 38.2. The number of piperidine rings is 2. The summed E-state index contributed by atoms with van der Waals surface area (Å²) in [5, 5.41) is 7.40. The Kier molecular flexibility index (Phi) is 10.3. The third kappa shape index (κ3) is 7.55. The van der Waals surface area contributed by atoms with Crippen LogP contribution in [0.15, 0.2) is 78.0 Å². The normalized spacial score (nSPS) is 18.0. The number of imide groups is 1. The molecule has 3 aliphatic rings. The number of hydrogen-bond donors (Lipinski definition) is 2. The number of fused-ring (bicyclic) bond motifs is 2. The number of aromatic nitrogens is 2. The van der Waals surface area contributed by atoms with Gasteiger partial charge in [-0.05, 0) is 102 Å². The van der Waals surface area contributed by atoms with Gasteiger partial charge in [0.25, 0.3) is 5.56 Å². The SMILES string of the molecule is COc1cc(-c2cn(C)c(=O)c3cnccc23)cc(Cl)c1CN1CCc2c(CC3CCN(c4ccc(NC5CCC(=O)NC5=O)cc4F)CC3)cccc2C1. The van der Waals surface area contributed by atoms with Gasteiger partial charge in [-0.1, -0.05) is 29.8 Å². The Morgan fingerprint density at radius 1 is 1.00 bits per heavy atom. The van der Waals surface area contributed by atoms with E-state index in [0.29, 0.717) is 46.4 Å². The van der Waals surface area contributed by atoms with Crippen LogP contribution in [0.2, 0.25) is 5.02 Å². The summed E-state index contributed by atoms with van der Waals surface area (Å²) in [5.41, 5.74) is 7.90. The molecule has 1 unspecified atom stereocenters. The molecule has 0 radical (unpaired) electrons. The predicted octanol–water partition coefficient (Wildman–Crippen LogP) is 6.64. The van der Waals surface area contributed by atoms with Crippen LogP contribution in [0.1, 0.15) is 47.9 Å². The molecule has 2 N–H and O–H groups in total. The van der Waals surface area contributed by atoms with E-state index in [9.17, 15) is 14.4 Å². The molecule has 2 aromatic heterocycles. The molecule has 3 aliphatic heterocycles.